The van der Waals surface area contributed by atoms with Crippen LogP contribution in [0.2, 0.25) is 0 Å². The maximum Gasteiger partial charge on any atom is 0.290 e. The summed E-state index contributed by atoms with van der Waals surface area (Å²) in [6.07, 6.45) is 46.1. The van der Waals surface area contributed by atoms with E-state index in [9.17, 15) is 9.59 Å². The number of hydrogen-bond acceptors (Lipinski definition) is 6. The molecule has 1 amide bonds. The van der Waals surface area contributed by atoms with Gasteiger partial charge in [0.25, 0.3) is 6.47 Å². The molecule has 0 aromatic rings. The van der Waals surface area contributed by atoms with Crippen LogP contribution in [0, 0.1) is 0 Å². The monoisotopic (exact) mass is 813 g/mol. The molecule has 0 aliphatic rings. The minimum absolute atomic E-state index is 0.0219. The molecule has 0 spiro atoms. The van der Waals surface area contributed by atoms with Crippen LogP contribution in [-0.4, -0.2) is 81.3 Å². The Bertz CT molecular complexity index is 770. The molecule has 342 valence electrons. The van der Waals surface area contributed by atoms with E-state index in [4.69, 9.17) is 19.4 Å². The lowest BCUT2D eigenvalue weighted by atomic mass is 10.0. The third-order valence-corrected chi connectivity index (χ3v) is 11.1. The number of ether oxygens (including phenoxy) is 2. The fourth-order valence-electron chi connectivity index (χ4n) is 7.23. The largest absolute Gasteiger partial charge is 0.483 e. The zero-order valence-corrected chi connectivity index (χ0v) is 39.1. The van der Waals surface area contributed by atoms with Gasteiger partial charge in [-0.2, -0.15) is 0 Å². The van der Waals surface area contributed by atoms with E-state index in [2.05, 4.69) is 31.0 Å². The van der Waals surface area contributed by atoms with Gasteiger partial charge in [0.15, 0.2) is 0 Å². The quantitative estimate of drug-likeness (QED) is 0.0466. The first-order valence-electron chi connectivity index (χ1n) is 24.5. The molecule has 2 unspecified atom stereocenters. The van der Waals surface area contributed by atoms with E-state index in [-0.39, 0.29) is 18.5 Å². The second-order valence-corrected chi connectivity index (χ2v) is 16.4. The lowest BCUT2D eigenvalue weighted by molar-refractivity contribution is -0.130. The van der Waals surface area contributed by atoms with Crippen LogP contribution >= 0.6 is 0 Å². The van der Waals surface area contributed by atoms with Gasteiger partial charge in [-0.05, 0) is 65.1 Å². The highest BCUT2D eigenvalue weighted by atomic mass is 16.5. The molecule has 0 aliphatic heterocycles. The molecule has 0 saturated heterocycles. The SMILES string of the molecule is CCCCCCCCC(CCCCCCC)OC.CCCCCCCCCCCCCCCCN(CCCCCCCC=O)CCCNC(=O)C(C)OC.O=CO. The van der Waals surface area contributed by atoms with Crippen molar-refractivity contribution in [2.75, 3.05) is 40.4 Å². The first kappa shape index (κ1) is 59.8. The van der Waals surface area contributed by atoms with Gasteiger partial charge in [0.1, 0.15) is 12.4 Å². The number of hydrogen-bond donors (Lipinski definition) is 2. The minimum Gasteiger partial charge on any atom is -0.483 e. The number of amides is 1. The molecule has 0 radical (unpaired) electrons. The summed E-state index contributed by atoms with van der Waals surface area (Å²) in [4.78, 5) is 33.3. The van der Waals surface area contributed by atoms with E-state index < -0.39 is 0 Å². The summed E-state index contributed by atoms with van der Waals surface area (Å²) in [6, 6.07) is 0. The van der Waals surface area contributed by atoms with Crippen molar-refractivity contribution in [1.82, 2.24) is 10.2 Å². The molecule has 0 bridgehead atoms. The van der Waals surface area contributed by atoms with Crippen LogP contribution in [0.5, 0.6) is 0 Å². The van der Waals surface area contributed by atoms with Gasteiger partial charge < -0.3 is 29.6 Å². The fourth-order valence-corrected chi connectivity index (χ4v) is 7.23. The summed E-state index contributed by atoms with van der Waals surface area (Å²) in [5.74, 6) is -0.0219. The van der Waals surface area contributed by atoms with Crippen molar-refractivity contribution in [2.24, 2.45) is 0 Å². The summed E-state index contributed by atoms with van der Waals surface area (Å²) in [5.41, 5.74) is 0. The average Bonchev–Trinajstić information content (AvgIpc) is 3.22. The zero-order chi connectivity index (χ0) is 42.7. The molecule has 0 fully saturated rings. The number of carboxylic acid groups (broad SMARTS) is 1. The van der Waals surface area contributed by atoms with E-state index in [1.165, 1.54) is 206 Å². The van der Waals surface area contributed by atoms with Gasteiger partial charge in [0.2, 0.25) is 5.91 Å². The highest BCUT2D eigenvalue weighted by molar-refractivity contribution is 5.80. The number of nitrogens with zero attached hydrogens (tertiary/aromatic N) is 1. The molecule has 0 saturated carbocycles. The molecular formula is C49H100N2O6. The Kier molecular flexibility index (Phi) is 57.2. The Morgan fingerprint density at radius 1 is 0.526 bits per heavy atom. The third kappa shape index (κ3) is 52.5. The zero-order valence-electron chi connectivity index (χ0n) is 39.1. The standard InChI is InChI=1S/C31H62N2O3.C17H36O.CH2O2/c1-4-5-6-7-8-9-10-11-12-13-14-15-18-21-26-33(27-22-19-16-17-20-23-29-34)28-24-25-32-31(35)30(2)36-3;1-4-6-8-10-12-14-16-17(18-3)15-13-11-9-7-5-2;2-1-3/h29-30H,4-28H2,1-3H3,(H,32,35);17H,4-16H2,1-3H3;1H,(H,2,3). The van der Waals surface area contributed by atoms with Crippen molar-refractivity contribution in [2.45, 2.75) is 258 Å². The van der Waals surface area contributed by atoms with E-state index in [1.807, 2.05) is 7.11 Å². The summed E-state index contributed by atoms with van der Waals surface area (Å²) in [5, 5.41) is 9.87. The van der Waals surface area contributed by atoms with Crippen molar-refractivity contribution in [1.29, 1.82) is 0 Å². The molecule has 0 rings (SSSR count). The number of carbonyl (C=O) groups excluding carboxylic acids is 2. The Labute approximate surface area is 355 Å². The van der Waals surface area contributed by atoms with E-state index in [1.54, 1.807) is 14.0 Å². The van der Waals surface area contributed by atoms with Crippen LogP contribution < -0.4 is 5.32 Å². The molecule has 2 N–H and O–H groups in total. The van der Waals surface area contributed by atoms with Crippen molar-refractivity contribution in [3.63, 3.8) is 0 Å². The summed E-state index contributed by atoms with van der Waals surface area (Å²) >= 11 is 0. The molecule has 57 heavy (non-hydrogen) atoms. The van der Waals surface area contributed by atoms with Crippen LogP contribution in [0.4, 0.5) is 0 Å². The number of unbranched alkanes of at least 4 members (excludes halogenated alkanes) is 27. The van der Waals surface area contributed by atoms with Gasteiger partial charge in [-0.3, -0.25) is 9.59 Å². The molecular weight excluding hydrogens is 713 g/mol. The predicted molar refractivity (Wildman–Crippen MR) is 245 cm³/mol. The van der Waals surface area contributed by atoms with Gasteiger partial charge in [-0.1, -0.05) is 194 Å². The van der Waals surface area contributed by atoms with Crippen LogP contribution in [0.15, 0.2) is 0 Å². The molecule has 8 nitrogen and oxygen atoms in total. The summed E-state index contributed by atoms with van der Waals surface area (Å²) in [7, 11) is 3.45. The number of nitrogens with one attached hydrogen (secondary N) is 1. The molecule has 8 heteroatoms. The highest BCUT2D eigenvalue weighted by Gasteiger charge is 2.11. The van der Waals surface area contributed by atoms with Crippen LogP contribution in [0.3, 0.4) is 0 Å². The molecule has 0 aromatic carbocycles. The Morgan fingerprint density at radius 2 is 0.860 bits per heavy atom. The maximum absolute atomic E-state index is 11.9. The topological polar surface area (TPSA) is 105 Å². The highest BCUT2D eigenvalue weighted by Crippen LogP contribution is 2.16. The van der Waals surface area contributed by atoms with Crippen LogP contribution in [0.1, 0.15) is 246 Å². The number of methoxy groups -OCH3 is 2. The molecule has 0 aliphatic carbocycles. The maximum atomic E-state index is 11.9. The van der Waals surface area contributed by atoms with Gasteiger partial charge in [0, 0.05) is 27.2 Å². The first-order valence-corrected chi connectivity index (χ1v) is 24.5. The second kappa shape index (κ2) is 54.5. The smallest absolute Gasteiger partial charge is 0.290 e. The van der Waals surface area contributed by atoms with Gasteiger partial charge >= 0.3 is 0 Å². The van der Waals surface area contributed by atoms with E-state index in [0.29, 0.717) is 19.1 Å². The van der Waals surface area contributed by atoms with Crippen LogP contribution in [0.25, 0.3) is 0 Å². The summed E-state index contributed by atoms with van der Waals surface area (Å²) in [6.45, 7) is 12.5. The second-order valence-electron chi connectivity index (χ2n) is 16.4. The van der Waals surface area contributed by atoms with Crippen LogP contribution in [-0.2, 0) is 23.9 Å². The van der Waals surface area contributed by atoms with Crippen molar-refractivity contribution < 1.29 is 29.0 Å². The van der Waals surface area contributed by atoms with Crippen molar-refractivity contribution >= 4 is 18.7 Å². The lowest BCUT2D eigenvalue weighted by Gasteiger charge is -2.22. The Balaban J connectivity index is -0.00000116. The predicted octanol–water partition coefficient (Wildman–Crippen LogP) is 13.7. The number of aldehydes is 1. The van der Waals surface area contributed by atoms with Gasteiger partial charge in [0.05, 0.1) is 6.10 Å². The molecule has 0 aromatic heterocycles. The Morgan fingerprint density at radius 3 is 1.21 bits per heavy atom. The number of carbonyl (C=O) groups is 3. The lowest BCUT2D eigenvalue weighted by Crippen LogP contribution is -2.36. The molecule has 0 heterocycles. The number of rotatable bonds is 43. The normalized spacial score (nSPS) is 12.0. The van der Waals surface area contributed by atoms with Gasteiger partial charge in [-0.15, -0.1) is 0 Å². The Hall–Kier alpha value is -1.51. The first-order chi connectivity index (χ1) is 27.9. The minimum atomic E-state index is -0.379. The fraction of sp³-hybridized carbons (Fsp3) is 0.939. The van der Waals surface area contributed by atoms with Gasteiger partial charge in [-0.25, -0.2) is 0 Å². The molecule has 2 atom stereocenters. The van der Waals surface area contributed by atoms with E-state index >= 15 is 0 Å². The summed E-state index contributed by atoms with van der Waals surface area (Å²) < 4.78 is 10.7. The van der Waals surface area contributed by atoms with Crippen molar-refractivity contribution in [3.05, 3.63) is 0 Å². The van der Waals surface area contributed by atoms with E-state index in [0.717, 1.165) is 32.2 Å². The van der Waals surface area contributed by atoms with Crippen molar-refractivity contribution in [3.8, 4) is 0 Å². The third-order valence-electron chi connectivity index (χ3n) is 11.1. The average molecular weight is 813 g/mol.